The second-order valence-corrected chi connectivity index (χ2v) is 1.32. The summed E-state index contributed by atoms with van der Waals surface area (Å²) in [7, 11) is 0. The summed E-state index contributed by atoms with van der Waals surface area (Å²) in [6, 6.07) is 0. The third-order valence-corrected chi connectivity index (χ3v) is 0.898. The van der Waals surface area contributed by atoms with E-state index in [0.29, 0.717) is 6.47 Å². The molecular weight excluding hydrogens is 129 g/mol. The van der Waals surface area contributed by atoms with Crippen LogP contribution in [0.15, 0.2) is 0 Å². The SMILES string of the molecule is CCN(CC)OC=O.[NaH]. The van der Waals surface area contributed by atoms with Crippen LogP contribution in [-0.2, 0) is 9.63 Å². The quantitative estimate of drug-likeness (QED) is 0.307. The van der Waals surface area contributed by atoms with Gasteiger partial charge in [-0.05, 0) is 13.8 Å². The molecule has 0 rings (SSSR count). The van der Waals surface area contributed by atoms with Crippen molar-refractivity contribution in [2.75, 3.05) is 13.1 Å². The molecule has 0 unspecified atom stereocenters. The number of rotatable bonds is 4. The van der Waals surface area contributed by atoms with Gasteiger partial charge in [0.15, 0.2) is 0 Å². The molecule has 0 aromatic rings. The van der Waals surface area contributed by atoms with E-state index in [1.807, 2.05) is 13.8 Å². The van der Waals surface area contributed by atoms with Gasteiger partial charge in [0.1, 0.15) is 0 Å². The Balaban J connectivity index is 0. The van der Waals surface area contributed by atoms with Crippen LogP contribution in [0.3, 0.4) is 0 Å². The fraction of sp³-hybridized carbons (Fsp3) is 0.800. The van der Waals surface area contributed by atoms with Crippen molar-refractivity contribution in [1.29, 1.82) is 0 Å². The van der Waals surface area contributed by atoms with Gasteiger partial charge in [-0.3, -0.25) is 4.79 Å². The minimum atomic E-state index is 0. The summed E-state index contributed by atoms with van der Waals surface area (Å²) in [5, 5.41) is 1.56. The third kappa shape index (κ3) is 6.31. The molecule has 4 heteroatoms. The fourth-order valence-electron chi connectivity index (χ4n) is 0.434. The van der Waals surface area contributed by atoms with Crippen LogP contribution in [0.1, 0.15) is 13.8 Å². The van der Waals surface area contributed by atoms with Crippen molar-refractivity contribution in [2.24, 2.45) is 0 Å². The van der Waals surface area contributed by atoms with Gasteiger partial charge in [0.05, 0.1) is 0 Å². The van der Waals surface area contributed by atoms with E-state index >= 15 is 0 Å². The van der Waals surface area contributed by atoms with E-state index in [9.17, 15) is 4.79 Å². The fourth-order valence-corrected chi connectivity index (χ4v) is 0.434. The number of carbonyl (C=O) groups is 1. The minimum absolute atomic E-state index is 0. The standard InChI is InChI=1S/C5H11NO2.Na.H/c1-3-6(4-2)8-5-7;;/h5H,3-4H2,1-2H3;;. The average molecular weight is 141 g/mol. The van der Waals surface area contributed by atoms with Crippen molar-refractivity contribution in [3.63, 3.8) is 0 Å². The first-order valence-electron chi connectivity index (χ1n) is 2.70. The van der Waals surface area contributed by atoms with Gasteiger partial charge < -0.3 is 4.84 Å². The third-order valence-electron chi connectivity index (χ3n) is 0.898. The van der Waals surface area contributed by atoms with E-state index in [1.165, 1.54) is 0 Å². The molecule has 0 N–H and O–H groups in total. The molecule has 3 nitrogen and oxygen atoms in total. The van der Waals surface area contributed by atoms with E-state index < -0.39 is 0 Å². The van der Waals surface area contributed by atoms with Gasteiger partial charge >= 0.3 is 36.0 Å². The first kappa shape index (κ1) is 12.1. The molecule has 0 saturated carbocycles. The molecule has 0 amide bonds. The summed E-state index contributed by atoms with van der Waals surface area (Å²) < 4.78 is 0. The van der Waals surface area contributed by atoms with Crippen LogP contribution in [0.25, 0.3) is 0 Å². The molecule has 0 radical (unpaired) electrons. The molecular formula is C5H12NNaO2. The first-order chi connectivity index (χ1) is 3.85. The molecule has 0 aromatic heterocycles. The normalized spacial score (nSPS) is 8.33. The van der Waals surface area contributed by atoms with E-state index in [0.717, 1.165) is 13.1 Å². The van der Waals surface area contributed by atoms with Crippen LogP contribution in [0.4, 0.5) is 0 Å². The van der Waals surface area contributed by atoms with Crippen LogP contribution in [0.5, 0.6) is 0 Å². The Morgan fingerprint density at radius 1 is 1.44 bits per heavy atom. The molecule has 0 aliphatic rings. The Hall–Kier alpha value is 0.430. The summed E-state index contributed by atoms with van der Waals surface area (Å²) in [5.74, 6) is 0. The van der Waals surface area contributed by atoms with Crippen molar-refractivity contribution in [3.8, 4) is 0 Å². The monoisotopic (exact) mass is 141 g/mol. The number of hydroxylamine groups is 2. The molecule has 0 aliphatic carbocycles. The Bertz CT molecular complexity index is 66.0. The number of carbonyl (C=O) groups excluding carboxylic acids is 1. The summed E-state index contributed by atoms with van der Waals surface area (Å²) in [4.78, 5) is 14.2. The Morgan fingerprint density at radius 3 is 2.00 bits per heavy atom. The number of hydrogen-bond donors (Lipinski definition) is 0. The Morgan fingerprint density at radius 2 is 1.89 bits per heavy atom. The second kappa shape index (κ2) is 8.43. The average Bonchev–Trinajstić information content (AvgIpc) is 1.83. The summed E-state index contributed by atoms with van der Waals surface area (Å²) >= 11 is 0. The van der Waals surface area contributed by atoms with E-state index in [4.69, 9.17) is 0 Å². The van der Waals surface area contributed by atoms with Crippen LogP contribution in [0, 0.1) is 0 Å². The number of nitrogens with zero attached hydrogens (tertiary/aromatic N) is 1. The van der Waals surface area contributed by atoms with Crippen LogP contribution < -0.4 is 0 Å². The van der Waals surface area contributed by atoms with E-state index in [-0.39, 0.29) is 29.6 Å². The molecule has 0 bridgehead atoms. The molecule has 0 aromatic carbocycles. The first-order valence-corrected chi connectivity index (χ1v) is 2.70. The molecule has 0 spiro atoms. The van der Waals surface area contributed by atoms with Crippen molar-refractivity contribution >= 4 is 36.0 Å². The summed E-state index contributed by atoms with van der Waals surface area (Å²) in [6.45, 7) is 5.78. The molecule has 9 heavy (non-hydrogen) atoms. The zero-order valence-corrected chi connectivity index (χ0v) is 5.26. The van der Waals surface area contributed by atoms with Gasteiger partial charge in [-0.2, -0.15) is 0 Å². The maximum atomic E-state index is 9.67. The van der Waals surface area contributed by atoms with Crippen molar-refractivity contribution < 1.29 is 9.63 Å². The topological polar surface area (TPSA) is 29.5 Å². The van der Waals surface area contributed by atoms with Gasteiger partial charge in [-0.1, -0.05) is 0 Å². The second-order valence-electron chi connectivity index (χ2n) is 1.32. The van der Waals surface area contributed by atoms with E-state index in [1.54, 1.807) is 5.06 Å². The maximum absolute atomic E-state index is 9.67. The number of hydrogen-bond acceptors (Lipinski definition) is 3. The zero-order valence-electron chi connectivity index (χ0n) is 5.26. The predicted octanol–water partition coefficient (Wildman–Crippen LogP) is -0.232. The van der Waals surface area contributed by atoms with Crippen LogP contribution in [0.2, 0.25) is 0 Å². The Labute approximate surface area is 77.6 Å². The van der Waals surface area contributed by atoms with Gasteiger partial charge in [-0.15, -0.1) is 5.06 Å². The molecule has 0 aliphatic heterocycles. The van der Waals surface area contributed by atoms with Gasteiger partial charge in [-0.25, -0.2) is 0 Å². The van der Waals surface area contributed by atoms with Crippen molar-refractivity contribution in [3.05, 3.63) is 0 Å². The van der Waals surface area contributed by atoms with E-state index in [2.05, 4.69) is 4.84 Å². The van der Waals surface area contributed by atoms with Gasteiger partial charge in [0, 0.05) is 13.1 Å². The van der Waals surface area contributed by atoms with Crippen molar-refractivity contribution in [1.82, 2.24) is 5.06 Å². The summed E-state index contributed by atoms with van der Waals surface area (Å²) in [6.07, 6.45) is 0. The predicted molar refractivity (Wildman–Crippen MR) is 37.2 cm³/mol. The molecule has 50 valence electrons. The zero-order chi connectivity index (χ0) is 6.41. The molecule has 0 saturated heterocycles. The van der Waals surface area contributed by atoms with Crippen LogP contribution >= 0.6 is 0 Å². The Kier molecular flexibility index (Phi) is 11.4. The van der Waals surface area contributed by atoms with Crippen molar-refractivity contribution in [2.45, 2.75) is 13.8 Å². The molecule has 0 atom stereocenters. The van der Waals surface area contributed by atoms with Gasteiger partial charge in [0.2, 0.25) is 0 Å². The van der Waals surface area contributed by atoms with Gasteiger partial charge in [0.25, 0.3) is 0 Å². The molecule has 0 fully saturated rings. The summed E-state index contributed by atoms with van der Waals surface area (Å²) in [5.41, 5.74) is 0. The van der Waals surface area contributed by atoms with Crippen LogP contribution in [-0.4, -0.2) is 54.2 Å². The molecule has 0 heterocycles.